The molecule has 0 unspecified atom stereocenters. The Morgan fingerprint density at radius 1 is 1.30 bits per heavy atom. The van der Waals surface area contributed by atoms with Crippen molar-refractivity contribution in [2.75, 3.05) is 0 Å². The van der Waals surface area contributed by atoms with Crippen LogP contribution in [0.1, 0.15) is 40.0 Å². The van der Waals surface area contributed by atoms with Crippen molar-refractivity contribution in [3.8, 4) is 5.75 Å². The monoisotopic (exact) mass is 320 g/mol. The van der Waals surface area contributed by atoms with E-state index in [1.807, 2.05) is 0 Å². The van der Waals surface area contributed by atoms with Crippen LogP contribution in [0.2, 0.25) is 0 Å². The van der Waals surface area contributed by atoms with Crippen LogP contribution in [0.15, 0.2) is 24.3 Å². The van der Waals surface area contributed by atoms with Crippen LogP contribution in [0.3, 0.4) is 0 Å². The number of ether oxygens (including phenoxy) is 1. The van der Waals surface area contributed by atoms with Gasteiger partial charge in [0.1, 0.15) is 5.75 Å². The van der Waals surface area contributed by atoms with Crippen molar-refractivity contribution in [1.29, 1.82) is 0 Å². The van der Waals surface area contributed by atoms with Gasteiger partial charge in [-0.3, -0.25) is 14.9 Å². The lowest BCUT2D eigenvalue weighted by Gasteiger charge is -2.35. The van der Waals surface area contributed by atoms with E-state index in [0.717, 1.165) is 12.8 Å². The Labute approximate surface area is 136 Å². The summed E-state index contributed by atoms with van der Waals surface area (Å²) in [6, 6.07) is 5.94. The number of carbonyl (C=O) groups excluding carboxylic acids is 1. The number of non-ortho nitro benzene ring substituents is 1. The Bertz CT molecular complexity index is 558. The van der Waals surface area contributed by atoms with Gasteiger partial charge < -0.3 is 10.1 Å². The normalized spacial score (nSPS) is 25.4. The third-order valence-corrected chi connectivity index (χ3v) is 4.76. The number of hydrogen-bond donors (Lipinski definition) is 1. The molecule has 6 nitrogen and oxygen atoms in total. The Kier molecular flexibility index (Phi) is 5.58. The molecule has 6 heteroatoms. The molecule has 2 rings (SSSR count). The Hall–Kier alpha value is -2.11. The smallest absolute Gasteiger partial charge is 0.269 e. The van der Waals surface area contributed by atoms with Crippen molar-refractivity contribution in [1.82, 2.24) is 5.32 Å². The summed E-state index contributed by atoms with van der Waals surface area (Å²) in [6.07, 6.45) is 2.71. The van der Waals surface area contributed by atoms with Crippen LogP contribution >= 0.6 is 0 Å². The third kappa shape index (κ3) is 4.43. The first kappa shape index (κ1) is 17.2. The zero-order chi connectivity index (χ0) is 17.0. The van der Waals surface area contributed by atoms with E-state index in [0.29, 0.717) is 17.6 Å². The fraction of sp³-hybridized carbons (Fsp3) is 0.588. The van der Waals surface area contributed by atoms with Crippen molar-refractivity contribution >= 4 is 11.6 Å². The number of nitro benzene ring substituents is 1. The summed E-state index contributed by atoms with van der Waals surface area (Å²) in [5, 5.41) is 13.7. The second-order valence-electron chi connectivity index (χ2n) is 6.39. The van der Waals surface area contributed by atoms with Gasteiger partial charge in [0.25, 0.3) is 11.6 Å². The van der Waals surface area contributed by atoms with Crippen LogP contribution in [-0.4, -0.2) is 23.0 Å². The zero-order valence-corrected chi connectivity index (χ0v) is 13.8. The lowest BCUT2D eigenvalue weighted by Crippen LogP contribution is -2.48. The van der Waals surface area contributed by atoms with E-state index in [2.05, 4.69) is 19.2 Å². The molecule has 0 aliphatic heterocycles. The van der Waals surface area contributed by atoms with E-state index >= 15 is 0 Å². The number of amides is 1. The summed E-state index contributed by atoms with van der Waals surface area (Å²) < 4.78 is 5.58. The molecule has 1 amide bonds. The van der Waals surface area contributed by atoms with Gasteiger partial charge in [-0.1, -0.05) is 26.7 Å². The van der Waals surface area contributed by atoms with E-state index in [9.17, 15) is 14.9 Å². The highest BCUT2D eigenvalue weighted by Gasteiger charge is 2.29. The van der Waals surface area contributed by atoms with Crippen molar-refractivity contribution in [2.45, 2.75) is 52.2 Å². The topological polar surface area (TPSA) is 81.5 Å². The van der Waals surface area contributed by atoms with Crippen LogP contribution in [-0.2, 0) is 4.79 Å². The van der Waals surface area contributed by atoms with Crippen LogP contribution in [0, 0.1) is 22.0 Å². The van der Waals surface area contributed by atoms with E-state index < -0.39 is 11.0 Å². The molecule has 23 heavy (non-hydrogen) atoms. The highest BCUT2D eigenvalue weighted by molar-refractivity contribution is 5.81. The molecule has 0 heterocycles. The number of rotatable bonds is 5. The van der Waals surface area contributed by atoms with Gasteiger partial charge in [-0.2, -0.15) is 0 Å². The third-order valence-electron chi connectivity index (χ3n) is 4.76. The Morgan fingerprint density at radius 2 is 1.96 bits per heavy atom. The number of carbonyl (C=O) groups is 1. The molecule has 0 saturated heterocycles. The SMILES string of the molecule is C[C@H]1[C@@H](C)CCC[C@H]1NC(=O)[C@H](C)Oc1ccc([N+](=O)[O-])cc1. The molecule has 1 aliphatic carbocycles. The molecule has 1 aromatic rings. The minimum atomic E-state index is -0.638. The maximum Gasteiger partial charge on any atom is 0.269 e. The second-order valence-corrected chi connectivity index (χ2v) is 6.39. The quantitative estimate of drug-likeness (QED) is 0.666. The van der Waals surface area contributed by atoms with Crippen molar-refractivity contribution in [3.63, 3.8) is 0 Å². The fourth-order valence-corrected chi connectivity index (χ4v) is 2.99. The second kappa shape index (κ2) is 7.44. The van der Waals surface area contributed by atoms with E-state index in [1.54, 1.807) is 6.92 Å². The summed E-state index contributed by atoms with van der Waals surface area (Å²) in [6.45, 7) is 6.09. The minimum Gasteiger partial charge on any atom is -0.481 e. The summed E-state index contributed by atoms with van der Waals surface area (Å²) in [5.74, 6) is 1.37. The highest BCUT2D eigenvalue weighted by Crippen LogP contribution is 2.29. The average molecular weight is 320 g/mol. The maximum absolute atomic E-state index is 12.3. The van der Waals surface area contributed by atoms with Gasteiger partial charge in [0.05, 0.1) is 4.92 Å². The average Bonchev–Trinajstić information content (AvgIpc) is 2.52. The summed E-state index contributed by atoms with van der Waals surface area (Å²) in [4.78, 5) is 22.5. The van der Waals surface area contributed by atoms with E-state index in [-0.39, 0.29) is 17.6 Å². The lowest BCUT2D eigenvalue weighted by molar-refractivity contribution is -0.384. The molecule has 1 aliphatic rings. The molecule has 0 aromatic heterocycles. The molecule has 0 radical (unpaired) electrons. The number of nitrogens with zero attached hydrogens (tertiary/aromatic N) is 1. The molecular formula is C17H24N2O4. The van der Waals surface area contributed by atoms with Crippen molar-refractivity contribution in [3.05, 3.63) is 34.4 Å². The summed E-state index contributed by atoms with van der Waals surface area (Å²) in [5.41, 5.74) is -0.000488. The van der Waals surface area contributed by atoms with Crippen molar-refractivity contribution in [2.24, 2.45) is 11.8 Å². The first-order valence-electron chi connectivity index (χ1n) is 8.10. The number of nitrogens with one attached hydrogen (secondary N) is 1. The predicted molar refractivity (Wildman–Crippen MR) is 87.3 cm³/mol. The number of nitro groups is 1. The molecule has 0 spiro atoms. The Balaban J connectivity index is 1.90. The van der Waals surface area contributed by atoms with Gasteiger partial charge in [-0.15, -0.1) is 0 Å². The van der Waals surface area contributed by atoms with Gasteiger partial charge in [0.2, 0.25) is 0 Å². The standard InChI is InChI=1S/C17H24N2O4/c1-11-5-4-6-16(12(11)2)18-17(20)13(3)23-15-9-7-14(8-10-15)19(21)22/h7-13,16H,4-6H2,1-3H3,(H,18,20)/t11-,12-,13-,16+/m0/s1. The van der Waals surface area contributed by atoms with Gasteiger partial charge in [0.15, 0.2) is 6.10 Å². The Morgan fingerprint density at radius 3 is 2.57 bits per heavy atom. The van der Waals surface area contributed by atoms with E-state index in [1.165, 1.54) is 30.7 Å². The molecule has 1 aromatic carbocycles. The first-order valence-corrected chi connectivity index (χ1v) is 8.10. The minimum absolute atomic E-state index is 0.000488. The zero-order valence-electron chi connectivity index (χ0n) is 13.8. The lowest BCUT2D eigenvalue weighted by atomic mass is 9.78. The van der Waals surface area contributed by atoms with Crippen LogP contribution < -0.4 is 10.1 Å². The van der Waals surface area contributed by atoms with Crippen molar-refractivity contribution < 1.29 is 14.5 Å². The fourth-order valence-electron chi connectivity index (χ4n) is 2.99. The van der Waals surface area contributed by atoms with Gasteiger partial charge >= 0.3 is 0 Å². The van der Waals surface area contributed by atoms with Crippen LogP contribution in [0.25, 0.3) is 0 Å². The van der Waals surface area contributed by atoms with Gasteiger partial charge in [-0.25, -0.2) is 0 Å². The van der Waals surface area contributed by atoms with Crippen LogP contribution in [0.5, 0.6) is 5.75 Å². The molecular weight excluding hydrogens is 296 g/mol. The molecule has 0 bridgehead atoms. The predicted octanol–water partition coefficient (Wildman–Crippen LogP) is 3.30. The summed E-state index contributed by atoms with van der Waals surface area (Å²) >= 11 is 0. The number of hydrogen-bond acceptors (Lipinski definition) is 4. The van der Waals surface area contributed by atoms with Crippen LogP contribution in [0.4, 0.5) is 5.69 Å². The summed E-state index contributed by atoms with van der Waals surface area (Å²) in [7, 11) is 0. The van der Waals surface area contributed by atoms with E-state index in [4.69, 9.17) is 4.74 Å². The molecule has 1 fully saturated rings. The molecule has 126 valence electrons. The molecule has 4 atom stereocenters. The first-order chi connectivity index (χ1) is 10.9. The molecule has 1 N–H and O–H groups in total. The highest BCUT2D eigenvalue weighted by atomic mass is 16.6. The molecule has 1 saturated carbocycles. The maximum atomic E-state index is 12.3. The number of benzene rings is 1. The van der Waals surface area contributed by atoms with Gasteiger partial charge in [0, 0.05) is 18.2 Å². The largest absolute Gasteiger partial charge is 0.481 e. The van der Waals surface area contributed by atoms with Gasteiger partial charge in [-0.05, 0) is 37.3 Å².